The van der Waals surface area contributed by atoms with Crippen LogP contribution in [0.5, 0.6) is 0 Å². The Balaban J connectivity index is 2.27. The first kappa shape index (κ1) is 16.1. The van der Waals surface area contributed by atoms with Gasteiger partial charge in [0.05, 0.1) is 11.3 Å². The zero-order valence-electron chi connectivity index (χ0n) is 13.0. The van der Waals surface area contributed by atoms with Crippen molar-refractivity contribution >= 4 is 27.5 Å². The van der Waals surface area contributed by atoms with Crippen molar-refractivity contribution in [1.29, 1.82) is 0 Å². The van der Waals surface area contributed by atoms with E-state index < -0.39 is 11.9 Å². The van der Waals surface area contributed by atoms with Gasteiger partial charge in [-0.05, 0) is 31.2 Å². The van der Waals surface area contributed by atoms with E-state index in [-0.39, 0.29) is 12.2 Å². The van der Waals surface area contributed by atoms with Gasteiger partial charge in [0.25, 0.3) is 5.56 Å². The second kappa shape index (κ2) is 6.41. The van der Waals surface area contributed by atoms with Crippen molar-refractivity contribution in [3.63, 3.8) is 0 Å². The Morgan fingerprint density at radius 2 is 2.26 bits per heavy atom. The van der Waals surface area contributed by atoms with Gasteiger partial charge in [0.15, 0.2) is 0 Å². The molecule has 2 aromatic rings. The molecule has 0 spiro atoms. The Labute approximate surface area is 137 Å². The number of aliphatic hydroxyl groups is 1. The van der Waals surface area contributed by atoms with Gasteiger partial charge in [-0.2, -0.15) is 0 Å². The van der Waals surface area contributed by atoms with E-state index in [1.807, 2.05) is 6.92 Å². The molecule has 0 aromatic carbocycles. The highest BCUT2D eigenvalue weighted by atomic mass is 32.1. The summed E-state index contributed by atoms with van der Waals surface area (Å²) in [4.78, 5) is 30.8. The summed E-state index contributed by atoms with van der Waals surface area (Å²) in [6.07, 6.45) is 3.32. The fourth-order valence-electron chi connectivity index (χ4n) is 3.33. The molecule has 3 rings (SSSR count). The van der Waals surface area contributed by atoms with Crippen molar-refractivity contribution in [2.45, 2.75) is 51.5 Å². The Bertz CT molecular complexity index is 808. The van der Waals surface area contributed by atoms with Gasteiger partial charge in [-0.1, -0.05) is 6.92 Å². The summed E-state index contributed by atoms with van der Waals surface area (Å²) in [5.74, 6) is -0.784. The van der Waals surface area contributed by atoms with Crippen molar-refractivity contribution in [3.8, 4) is 0 Å². The van der Waals surface area contributed by atoms with Gasteiger partial charge in [-0.15, -0.1) is 11.3 Å². The van der Waals surface area contributed by atoms with E-state index in [0.29, 0.717) is 47.4 Å². The van der Waals surface area contributed by atoms with E-state index in [0.717, 1.165) is 17.7 Å². The number of hydrogen-bond acceptors (Lipinski definition) is 5. The predicted molar refractivity (Wildman–Crippen MR) is 88.3 cm³/mol. The van der Waals surface area contributed by atoms with E-state index in [9.17, 15) is 14.7 Å². The molecule has 0 bridgehead atoms. The normalized spacial score (nSPS) is 17.4. The zero-order chi connectivity index (χ0) is 16.6. The van der Waals surface area contributed by atoms with Crippen LogP contribution in [0.3, 0.4) is 0 Å². The highest BCUT2D eigenvalue weighted by Crippen LogP contribution is 2.40. The Hall–Kier alpha value is -1.73. The standard InChI is InChI=1S/C16H20N2O4S/c1-2-11-17-14-13(15(20)18(11)7-4-8-19)12-9(16(21)22)5-3-6-10(12)23-14/h9,19H,2-8H2,1H3,(H,21,22). The van der Waals surface area contributed by atoms with E-state index in [1.165, 1.54) is 11.3 Å². The molecule has 0 fully saturated rings. The maximum absolute atomic E-state index is 13.0. The summed E-state index contributed by atoms with van der Waals surface area (Å²) >= 11 is 1.46. The monoisotopic (exact) mass is 336 g/mol. The Kier molecular flexibility index (Phi) is 4.50. The van der Waals surface area contributed by atoms with Crippen LogP contribution < -0.4 is 5.56 Å². The molecular formula is C16H20N2O4S. The molecule has 1 aliphatic rings. The first-order valence-corrected chi connectivity index (χ1v) is 8.78. The first-order chi connectivity index (χ1) is 11.1. The van der Waals surface area contributed by atoms with Crippen LogP contribution in [-0.2, 0) is 24.2 Å². The summed E-state index contributed by atoms with van der Waals surface area (Å²) in [5.41, 5.74) is 0.521. The lowest BCUT2D eigenvalue weighted by Crippen LogP contribution is -2.27. The third-order valence-corrected chi connectivity index (χ3v) is 5.56. The van der Waals surface area contributed by atoms with E-state index >= 15 is 0 Å². The summed E-state index contributed by atoms with van der Waals surface area (Å²) in [7, 11) is 0. The molecule has 1 atom stereocenters. The number of carboxylic acid groups (broad SMARTS) is 1. The van der Waals surface area contributed by atoms with Crippen LogP contribution in [0.1, 0.15) is 48.4 Å². The van der Waals surface area contributed by atoms with Crippen molar-refractivity contribution < 1.29 is 15.0 Å². The highest BCUT2D eigenvalue weighted by Gasteiger charge is 2.32. The number of hydrogen-bond donors (Lipinski definition) is 2. The van der Waals surface area contributed by atoms with Gasteiger partial charge in [-0.3, -0.25) is 14.2 Å². The second-order valence-electron chi connectivity index (χ2n) is 5.82. The van der Waals surface area contributed by atoms with Crippen LogP contribution in [0, 0.1) is 0 Å². The summed E-state index contributed by atoms with van der Waals surface area (Å²) in [6.45, 7) is 2.35. The van der Waals surface area contributed by atoms with Gasteiger partial charge >= 0.3 is 5.97 Å². The largest absolute Gasteiger partial charge is 0.481 e. The summed E-state index contributed by atoms with van der Waals surface area (Å²) < 4.78 is 1.60. The highest BCUT2D eigenvalue weighted by molar-refractivity contribution is 7.18. The number of rotatable bonds is 5. The fraction of sp³-hybridized carbons (Fsp3) is 0.562. The molecule has 2 heterocycles. The van der Waals surface area contributed by atoms with Gasteiger partial charge in [0, 0.05) is 24.4 Å². The molecule has 0 saturated heterocycles. The van der Waals surface area contributed by atoms with Crippen LogP contribution in [0.2, 0.25) is 0 Å². The van der Waals surface area contributed by atoms with Crippen LogP contribution in [0.4, 0.5) is 0 Å². The molecule has 124 valence electrons. The van der Waals surface area contributed by atoms with E-state index in [4.69, 9.17) is 5.11 Å². The molecule has 2 N–H and O–H groups in total. The van der Waals surface area contributed by atoms with Crippen molar-refractivity contribution in [2.75, 3.05) is 6.61 Å². The number of thiophene rings is 1. The molecular weight excluding hydrogens is 316 g/mol. The lowest BCUT2D eigenvalue weighted by Gasteiger charge is -2.19. The molecule has 0 saturated carbocycles. The summed E-state index contributed by atoms with van der Waals surface area (Å²) in [6, 6.07) is 0. The van der Waals surface area contributed by atoms with Gasteiger partial charge < -0.3 is 10.2 Å². The molecule has 0 amide bonds. The number of nitrogens with zero attached hydrogens (tertiary/aromatic N) is 2. The number of aliphatic carboxylic acids is 1. The second-order valence-corrected chi connectivity index (χ2v) is 6.90. The zero-order valence-corrected chi connectivity index (χ0v) is 13.9. The third kappa shape index (κ3) is 2.68. The SMILES string of the molecule is CCc1nc2sc3c(c2c(=O)n1CCCO)C(C(=O)O)CCC3. The number of aryl methyl sites for hydroxylation is 2. The van der Waals surface area contributed by atoms with Gasteiger partial charge in [0.1, 0.15) is 10.7 Å². The lowest BCUT2D eigenvalue weighted by atomic mass is 9.86. The maximum Gasteiger partial charge on any atom is 0.311 e. The minimum atomic E-state index is -0.869. The minimum absolute atomic E-state index is 0.00707. The quantitative estimate of drug-likeness (QED) is 0.870. The van der Waals surface area contributed by atoms with Gasteiger partial charge in [0.2, 0.25) is 0 Å². The minimum Gasteiger partial charge on any atom is -0.481 e. The third-order valence-electron chi connectivity index (χ3n) is 4.40. The average molecular weight is 336 g/mol. The number of aromatic nitrogens is 2. The fourth-order valence-corrected chi connectivity index (χ4v) is 4.62. The lowest BCUT2D eigenvalue weighted by molar-refractivity contribution is -0.139. The maximum atomic E-state index is 13.0. The molecule has 1 unspecified atom stereocenters. The molecule has 7 heteroatoms. The molecule has 0 radical (unpaired) electrons. The van der Waals surface area contributed by atoms with Crippen molar-refractivity contribution in [1.82, 2.24) is 9.55 Å². The summed E-state index contributed by atoms with van der Waals surface area (Å²) in [5, 5.41) is 19.0. The van der Waals surface area contributed by atoms with Crippen molar-refractivity contribution in [3.05, 3.63) is 26.6 Å². The molecule has 6 nitrogen and oxygen atoms in total. The first-order valence-electron chi connectivity index (χ1n) is 7.97. The topological polar surface area (TPSA) is 92.4 Å². The Morgan fingerprint density at radius 1 is 1.48 bits per heavy atom. The smallest absolute Gasteiger partial charge is 0.311 e. The predicted octanol–water partition coefficient (Wildman–Crippen LogP) is 1.91. The van der Waals surface area contributed by atoms with E-state index in [1.54, 1.807) is 4.57 Å². The van der Waals surface area contributed by atoms with Gasteiger partial charge in [-0.25, -0.2) is 4.98 Å². The number of carbonyl (C=O) groups is 1. The van der Waals surface area contributed by atoms with Crippen LogP contribution in [-0.4, -0.2) is 32.3 Å². The van der Waals surface area contributed by atoms with Crippen LogP contribution in [0.15, 0.2) is 4.79 Å². The molecule has 23 heavy (non-hydrogen) atoms. The number of carboxylic acids is 1. The van der Waals surface area contributed by atoms with Crippen LogP contribution in [0.25, 0.3) is 10.2 Å². The van der Waals surface area contributed by atoms with Crippen molar-refractivity contribution in [2.24, 2.45) is 0 Å². The Morgan fingerprint density at radius 3 is 2.91 bits per heavy atom. The number of aliphatic hydroxyl groups excluding tert-OH is 1. The molecule has 2 aromatic heterocycles. The molecule has 0 aliphatic heterocycles. The van der Waals surface area contributed by atoms with E-state index in [2.05, 4.69) is 4.98 Å². The molecule has 1 aliphatic carbocycles. The number of fused-ring (bicyclic) bond motifs is 3. The average Bonchev–Trinajstić information content (AvgIpc) is 2.91. The van der Waals surface area contributed by atoms with Crippen LogP contribution >= 0.6 is 11.3 Å².